The SMILES string of the molecule is CCCCC/C=C/C/C=C/C/C=C/C/C=C/C/C=C/CCC(=O)OC[C@@H](CO[C@@H]1O[C@H](CO[C@@H]2O[C@H](CO)[C@H](O)C(O)C2O)[C@H](O)C(O)C1O)OC(=O)CCCCCCCCCCCCC. The number of rotatable bonds is 37. The number of aliphatic hydroxyl groups excluding tert-OH is 7. The maximum atomic E-state index is 12.9. The Morgan fingerprint density at radius 3 is 1.48 bits per heavy atom. The second-order valence-electron chi connectivity index (χ2n) is 17.3. The van der Waals surface area contributed by atoms with E-state index in [0.29, 0.717) is 12.8 Å². The minimum atomic E-state index is -1.78. The molecule has 380 valence electrons. The molecule has 2 aliphatic heterocycles. The van der Waals surface area contributed by atoms with Gasteiger partial charge in [0.1, 0.15) is 55.4 Å². The Morgan fingerprint density at radius 1 is 0.485 bits per heavy atom. The van der Waals surface area contributed by atoms with E-state index in [1.165, 1.54) is 64.2 Å². The quantitative estimate of drug-likeness (QED) is 0.0201. The third-order valence-electron chi connectivity index (χ3n) is 11.5. The number of ether oxygens (including phenoxy) is 6. The van der Waals surface area contributed by atoms with Crippen LogP contribution >= 0.6 is 0 Å². The fourth-order valence-electron chi connectivity index (χ4n) is 7.37. The molecule has 4 unspecified atom stereocenters. The summed E-state index contributed by atoms with van der Waals surface area (Å²) in [5, 5.41) is 71.9. The van der Waals surface area contributed by atoms with E-state index in [0.717, 1.165) is 51.4 Å². The zero-order chi connectivity index (χ0) is 48.2. The Morgan fingerprint density at radius 2 is 0.939 bits per heavy atom. The summed E-state index contributed by atoms with van der Waals surface area (Å²) in [4.78, 5) is 25.6. The lowest BCUT2D eigenvalue weighted by Gasteiger charge is -2.42. The van der Waals surface area contributed by atoms with Crippen LogP contribution in [0.3, 0.4) is 0 Å². The van der Waals surface area contributed by atoms with E-state index in [4.69, 9.17) is 28.4 Å². The molecule has 0 aromatic carbocycles. The first-order valence-electron chi connectivity index (χ1n) is 24.9. The molecule has 0 radical (unpaired) electrons. The molecule has 0 bridgehead atoms. The van der Waals surface area contributed by atoms with Gasteiger partial charge in [0.05, 0.1) is 19.8 Å². The summed E-state index contributed by atoms with van der Waals surface area (Å²) in [5.74, 6) is -1.02. The summed E-state index contributed by atoms with van der Waals surface area (Å²) in [7, 11) is 0. The lowest BCUT2D eigenvalue weighted by atomic mass is 9.98. The number of unbranched alkanes of at least 4 members (excludes halogenated alkanes) is 13. The molecule has 66 heavy (non-hydrogen) atoms. The predicted molar refractivity (Wildman–Crippen MR) is 252 cm³/mol. The van der Waals surface area contributed by atoms with E-state index in [1.54, 1.807) is 0 Å². The van der Waals surface area contributed by atoms with Crippen molar-refractivity contribution in [3.8, 4) is 0 Å². The number of aliphatic hydroxyl groups is 7. The summed E-state index contributed by atoms with van der Waals surface area (Å²) in [6, 6.07) is 0. The number of allylic oxidation sites excluding steroid dienone is 10. The van der Waals surface area contributed by atoms with Gasteiger partial charge in [0.25, 0.3) is 0 Å². The Kier molecular flexibility index (Phi) is 34.2. The smallest absolute Gasteiger partial charge is 0.306 e. The van der Waals surface area contributed by atoms with Gasteiger partial charge in [-0.3, -0.25) is 9.59 Å². The van der Waals surface area contributed by atoms with Crippen molar-refractivity contribution >= 4 is 11.9 Å². The van der Waals surface area contributed by atoms with Crippen LogP contribution in [0.5, 0.6) is 0 Å². The highest BCUT2D eigenvalue weighted by atomic mass is 16.7. The molecule has 15 nitrogen and oxygen atoms in total. The molecule has 0 spiro atoms. The Hall–Kier alpha value is -2.80. The second kappa shape index (κ2) is 38.1. The van der Waals surface area contributed by atoms with Crippen LogP contribution in [0.25, 0.3) is 0 Å². The third-order valence-corrected chi connectivity index (χ3v) is 11.5. The number of carbonyl (C=O) groups is 2. The fourth-order valence-corrected chi connectivity index (χ4v) is 7.37. The van der Waals surface area contributed by atoms with Gasteiger partial charge in [-0.05, 0) is 51.4 Å². The van der Waals surface area contributed by atoms with Gasteiger partial charge < -0.3 is 64.2 Å². The molecule has 0 aromatic rings. The van der Waals surface area contributed by atoms with Gasteiger partial charge in [0, 0.05) is 12.8 Å². The molecule has 2 rings (SSSR count). The van der Waals surface area contributed by atoms with Crippen molar-refractivity contribution in [2.24, 2.45) is 0 Å². The number of carbonyl (C=O) groups excluding carboxylic acids is 2. The van der Waals surface area contributed by atoms with E-state index < -0.39 is 99.3 Å². The first kappa shape index (κ1) is 59.3. The Bertz CT molecular complexity index is 1380. The fraction of sp³-hybridized carbons (Fsp3) is 0.765. The second-order valence-corrected chi connectivity index (χ2v) is 17.3. The predicted octanol–water partition coefficient (Wildman–Crippen LogP) is 6.49. The molecular formula is C51H86O15. The summed E-state index contributed by atoms with van der Waals surface area (Å²) in [5.41, 5.74) is 0. The molecule has 0 aliphatic carbocycles. The summed E-state index contributed by atoms with van der Waals surface area (Å²) in [6.45, 7) is 2.45. The average molecular weight is 939 g/mol. The van der Waals surface area contributed by atoms with Crippen LogP contribution in [0, 0.1) is 0 Å². The van der Waals surface area contributed by atoms with Gasteiger partial charge in [0.15, 0.2) is 18.7 Å². The van der Waals surface area contributed by atoms with Crippen LogP contribution in [0.2, 0.25) is 0 Å². The molecule has 2 aliphatic rings. The van der Waals surface area contributed by atoms with E-state index >= 15 is 0 Å². The topological polar surface area (TPSA) is 231 Å². The van der Waals surface area contributed by atoms with Gasteiger partial charge >= 0.3 is 11.9 Å². The monoisotopic (exact) mass is 939 g/mol. The van der Waals surface area contributed by atoms with Crippen LogP contribution in [0.1, 0.15) is 155 Å². The molecule has 7 N–H and O–H groups in total. The highest BCUT2D eigenvalue weighted by molar-refractivity contribution is 5.70. The van der Waals surface area contributed by atoms with Gasteiger partial charge in [0.2, 0.25) is 0 Å². The average Bonchev–Trinajstić information content (AvgIpc) is 3.31. The first-order valence-corrected chi connectivity index (χ1v) is 24.9. The van der Waals surface area contributed by atoms with Crippen molar-refractivity contribution in [2.75, 3.05) is 26.4 Å². The van der Waals surface area contributed by atoms with Crippen LogP contribution in [0.4, 0.5) is 0 Å². The maximum absolute atomic E-state index is 12.9. The van der Waals surface area contributed by atoms with Gasteiger partial charge in [-0.1, -0.05) is 152 Å². The zero-order valence-corrected chi connectivity index (χ0v) is 39.9. The minimum absolute atomic E-state index is 0.0933. The van der Waals surface area contributed by atoms with E-state index in [1.807, 2.05) is 12.2 Å². The van der Waals surface area contributed by atoms with Crippen molar-refractivity contribution in [3.05, 3.63) is 60.8 Å². The van der Waals surface area contributed by atoms with Gasteiger partial charge in [-0.15, -0.1) is 0 Å². The van der Waals surface area contributed by atoms with Crippen LogP contribution in [-0.2, 0) is 38.0 Å². The highest BCUT2D eigenvalue weighted by Crippen LogP contribution is 2.26. The molecule has 0 amide bonds. The number of esters is 2. The Balaban J connectivity index is 1.84. The van der Waals surface area contributed by atoms with Gasteiger partial charge in [-0.25, -0.2) is 0 Å². The van der Waals surface area contributed by atoms with Crippen molar-refractivity contribution in [3.63, 3.8) is 0 Å². The van der Waals surface area contributed by atoms with E-state index in [2.05, 4.69) is 62.5 Å². The van der Waals surface area contributed by atoms with E-state index in [9.17, 15) is 45.3 Å². The zero-order valence-electron chi connectivity index (χ0n) is 39.9. The van der Waals surface area contributed by atoms with Crippen LogP contribution < -0.4 is 0 Å². The molecule has 2 fully saturated rings. The highest BCUT2D eigenvalue weighted by Gasteiger charge is 2.47. The number of hydrogen-bond acceptors (Lipinski definition) is 15. The first-order chi connectivity index (χ1) is 32.0. The largest absolute Gasteiger partial charge is 0.462 e. The van der Waals surface area contributed by atoms with E-state index in [-0.39, 0.29) is 19.4 Å². The molecule has 0 aromatic heterocycles. The van der Waals surface area contributed by atoms with Crippen LogP contribution in [0.15, 0.2) is 60.8 Å². The lowest BCUT2D eigenvalue weighted by Crippen LogP contribution is -2.61. The third kappa shape index (κ3) is 26.1. The molecule has 2 heterocycles. The summed E-state index contributed by atoms with van der Waals surface area (Å²) in [6.07, 6.45) is 25.6. The summed E-state index contributed by atoms with van der Waals surface area (Å²) >= 11 is 0. The molecule has 0 saturated carbocycles. The van der Waals surface area contributed by atoms with Crippen molar-refractivity contribution in [1.29, 1.82) is 0 Å². The van der Waals surface area contributed by atoms with Crippen molar-refractivity contribution in [2.45, 2.75) is 223 Å². The van der Waals surface area contributed by atoms with Crippen molar-refractivity contribution < 1.29 is 73.8 Å². The minimum Gasteiger partial charge on any atom is -0.462 e. The molecule has 2 saturated heterocycles. The normalized spacial score (nSPS) is 26.7. The molecule has 11 atom stereocenters. The lowest BCUT2D eigenvalue weighted by molar-refractivity contribution is -0.332. The molecular weight excluding hydrogens is 853 g/mol. The van der Waals surface area contributed by atoms with Crippen LogP contribution in [-0.4, -0.2) is 142 Å². The summed E-state index contributed by atoms with van der Waals surface area (Å²) < 4.78 is 33.4. The maximum Gasteiger partial charge on any atom is 0.306 e. The number of hydrogen-bond donors (Lipinski definition) is 7. The molecule has 15 heteroatoms. The Labute approximate surface area is 394 Å². The standard InChI is InChI=1S/C51H86O15/c1-3-5-7-9-11-13-15-16-17-18-19-20-21-22-24-25-27-29-31-33-42(53)61-36-39(64-43(54)34-32-30-28-26-23-14-12-10-8-6-4-2)37-62-50-49(60)47(58)45(56)41(66-50)38-63-51-48(59)46(57)44(55)40(35-52)65-51/h11,13,16-17,19-20,22,24,27,29,39-41,44-52,55-60H,3-10,12,14-15,18,21,23,25-26,28,30-38H2,1-2H3/b13-11+,17-16+,20-19+,24-22+,29-27+/t39-,40+,41+,44-,45-,46?,47?,48?,49?,50+,51+/m0/s1. The van der Waals surface area contributed by atoms with Gasteiger partial charge in [-0.2, -0.15) is 0 Å². The van der Waals surface area contributed by atoms with Crippen molar-refractivity contribution in [1.82, 2.24) is 0 Å².